The van der Waals surface area contributed by atoms with Gasteiger partial charge in [-0.15, -0.1) is 0 Å². The van der Waals surface area contributed by atoms with Gasteiger partial charge in [0.2, 0.25) is 0 Å². The zero-order chi connectivity index (χ0) is 15.2. The second kappa shape index (κ2) is 7.38. The number of nitro benzene ring substituents is 1. The maximum Gasteiger partial charge on any atom is 0.292 e. The van der Waals surface area contributed by atoms with Gasteiger partial charge in [-0.25, -0.2) is 0 Å². The number of hydrogen-bond donors (Lipinski definition) is 1. The number of piperidine rings is 1. The monoisotopic (exact) mass is 293 g/mol. The molecular formula is C15H23N3O3. The van der Waals surface area contributed by atoms with Crippen molar-refractivity contribution in [1.82, 2.24) is 0 Å². The van der Waals surface area contributed by atoms with Crippen molar-refractivity contribution in [3.8, 4) is 0 Å². The Bertz CT molecular complexity index is 485. The SMILES string of the molecule is Cc1cccc([N+](=O)[O-])c1N1CCC(OCCCN)CC1. The molecule has 1 aliphatic rings. The van der Waals surface area contributed by atoms with Crippen molar-refractivity contribution in [2.75, 3.05) is 31.1 Å². The molecule has 21 heavy (non-hydrogen) atoms. The van der Waals surface area contributed by atoms with Crippen molar-refractivity contribution in [1.29, 1.82) is 0 Å². The highest BCUT2D eigenvalue weighted by Gasteiger charge is 2.26. The van der Waals surface area contributed by atoms with Gasteiger partial charge in [0.1, 0.15) is 5.69 Å². The molecule has 116 valence electrons. The number of aryl methyl sites for hydroxylation is 1. The number of nitro groups is 1. The first-order valence-corrected chi connectivity index (χ1v) is 7.44. The van der Waals surface area contributed by atoms with Gasteiger partial charge in [-0.05, 0) is 38.3 Å². The van der Waals surface area contributed by atoms with Crippen molar-refractivity contribution in [2.45, 2.75) is 32.3 Å². The summed E-state index contributed by atoms with van der Waals surface area (Å²) in [4.78, 5) is 13.0. The summed E-state index contributed by atoms with van der Waals surface area (Å²) in [7, 11) is 0. The van der Waals surface area contributed by atoms with Crippen LogP contribution in [0.1, 0.15) is 24.8 Å². The van der Waals surface area contributed by atoms with Crippen LogP contribution in [0.5, 0.6) is 0 Å². The van der Waals surface area contributed by atoms with Crippen LogP contribution in [-0.4, -0.2) is 37.3 Å². The molecule has 1 saturated heterocycles. The third-order valence-electron chi connectivity index (χ3n) is 3.87. The highest BCUT2D eigenvalue weighted by Crippen LogP contribution is 2.33. The van der Waals surface area contributed by atoms with Crippen molar-refractivity contribution < 1.29 is 9.66 Å². The Balaban J connectivity index is 2.01. The molecule has 1 aromatic rings. The third kappa shape index (κ3) is 3.92. The lowest BCUT2D eigenvalue weighted by Crippen LogP contribution is -2.38. The molecular weight excluding hydrogens is 270 g/mol. The number of benzene rings is 1. The third-order valence-corrected chi connectivity index (χ3v) is 3.87. The Hall–Kier alpha value is -1.66. The fraction of sp³-hybridized carbons (Fsp3) is 0.600. The summed E-state index contributed by atoms with van der Waals surface area (Å²) in [6, 6.07) is 5.23. The van der Waals surface area contributed by atoms with E-state index in [9.17, 15) is 10.1 Å². The average molecular weight is 293 g/mol. The molecule has 0 aliphatic carbocycles. The maximum absolute atomic E-state index is 11.2. The van der Waals surface area contributed by atoms with Crippen LogP contribution in [0.25, 0.3) is 0 Å². The molecule has 1 fully saturated rings. The number of ether oxygens (including phenoxy) is 1. The maximum atomic E-state index is 11.2. The smallest absolute Gasteiger partial charge is 0.292 e. The van der Waals surface area contributed by atoms with E-state index in [0.717, 1.165) is 43.6 Å². The van der Waals surface area contributed by atoms with Crippen LogP contribution in [0.15, 0.2) is 18.2 Å². The molecule has 0 saturated carbocycles. The van der Waals surface area contributed by atoms with Crippen molar-refractivity contribution in [3.05, 3.63) is 33.9 Å². The highest BCUT2D eigenvalue weighted by molar-refractivity contribution is 5.67. The van der Waals surface area contributed by atoms with E-state index in [1.165, 1.54) is 0 Å². The molecule has 0 amide bonds. The van der Waals surface area contributed by atoms with Crippen molar-refractivity contribution >= 4 is 11.4 Å². The number of nitrogens with zero attached hydrogens (tertiary/aromatic N) is 2. The minimum atomic E-state index is -0.299. The largest absolute Gasteiger partial charge is 0.378 e. The van der Waals surface area contributed by atoms with E-state index in [-0.39, 0.29) is 16.7 Å². The van der Waals surface area contributed by atoms with Gasteiger partial charge in [-0.3, -0.25) is 10.1 Å². The Morgan fingerprint density at radius 3 is 2.76 bits per heavy atom. The quantitative estimate of drug-likeness (QED) is 0.494. The molecule has 0 bridgehead atoms. The normalized spacial score (nSPS) is 16.2. The van der Waals surface area contributed by atoms with Crippen LogP contribution in [0, 0.1) is 17.0 Å². The molecule has 0 spiro atoms. The highest BCUT2D eigenvalue weighted by atomic mass is 16.6. The van der Waals surface area contributed by atoms with E-state index >= 15 is 0 Å². The molecule has 0 radical (unpaired) electrons. The van der Waals surface area contributed by atoms with Crippen LogP contribution in [0.4, 0.5) is 11.4 Å². The molecule has 1 aliphatic heterocycles. The minimum Gasteiger partial charge on any atom is -0.378 e. The van der Waals surface area contributed by atoms with E-state index in [1.807, 2.05) is 13.0 Å². The van der Waals surface area contributed by atoms with Gasteiger partial charge in [0.05, 0.1) is 11.0 Å². The van der Waals surface area contributed by atoms with Crippen LogP contribution in [0.2, 0.25) is 0 Å². The topological polar surface area (TPSA) is 81.6 Å². The van der Waals surface area contributed by atoms with Crippen molar-refractivity contribution in [3.63, 3.8) is 0 Å². The Kier molecular flexibility index (Phi) is 5.52. The zero-order valence-electron chi connectivity index (χ0n) is 12.5. The number of hydrogen-bond acceptors (Lipinski definition) is 5. The van der Waals surface area contributed by atoms with Gasteiger partial charge in [-0.1, -0.05) is 12.1 Å². The minimum absolute atomic E-state index is 0.192. The standard InChI is InChI=1S/C15H23N3O3/c1-12-4-2-5-14(18(19)20)15(12)17-9-6-13(7-10-17)21-11-3-8-16/h2,4-5,13H,3,6-11,16H2,1H3. The van der Waals surface area contributed by atoms with Gasteiger partial charge < -0.3 is 15.4 Å². The van der Waals surface area contributed by atoms with E-state index < -0.39 is 0 Å². The molecule has 0 unspecified atom stereocenters. The Morgan fingerprint density at radius 2 is 2.14 bits per heavy atom. The molecule has 0 atom stereocenters. The van der Waals surface area contributed by atoms with Crippen LogP contribution in [0.3, 0.4) is 0 Å². The van der Waals surface area contributed by atoms with Gasteiger partial charge in [0.25, 0.3) is 5.69 Å². The fourth-order valence-electron chi connectivity index (χ4n) is 2.78. The first-order valence-electron chi connectivity index (χ1n) is 7.44. The fourth-order valence-corrected chi connectivity index (χ4v) is 2.78. The summed E-state index contributed by atoms with van der Waals surface area (Å²) >= 11 is 0. The number of rotatable bonds is 6. The van der Waals surface area contributed by atoms with Crippen LogP contribution < -0.4 is 10.6 Å². The van der Waals surface area contributed by atoms with Crippen molar-refractivity contribution in [2.24, 2.45) is 5.73 Å². The Labute approximate surface area is 125 Å². The predicted octanol–water partition coefficient (Wildman–Crippen LogP) is 2.24. The van der Waals surface area contributed by atoms with E-state index in [0.29, 0.717) is 13.2 Å². The molecule has 1 heterocycles. The molecule has 2 N–H and O–H groups in total. The summed E-state index contributed by atoms with van der Waals surface area (Å²) < 4.78 is 5.77. The summed E-state index contributed by atoms with van der Waals surface area (Å²) in [6.07, 6.45) is 2.92. The number of anilines is 1. The van der Waals surface area contributed by atoms with Crippen LogP contribution in [-0.2, 0) is 4.74 Å². The molecule has 6 heteroatoms. The first-order chi connectivity index (χ1) is 10.1. The van der Waals surface area contributed by atoms with Gasteiger partial charge in [0, 0.05) is 25.8 Å². The summed E-state index contributed by atoms with van der Waals surface area (Å²) in [5, 5.41) is 11.2. The van der Waals surface area contributed by atoms with E-state index in [1.54, 1.807) is 12.1 Å². The second-order valence-electron chi connectivity index (χ2n) is 5.40. The first kappa shape index (κ1) is 15.7. The van der Waals surface area contributed by atoms with E-state index in [2.05, 4.69) is 4.90 Å². The van der Waals surface area contributed by atoms with Gasteiger partial charge in [0.15, 0.2) is 0 Å². The van der Waals surface area contributed by atoms with Gasteiger partial charge >= 0.3 is 0 Å². The lowest BCUT2D eigenvalue weighted by Gasteiger charge is -2.34. The summed E-state index contributed by atoms with van der Waals surface area (Å²) in [6.45, 7) is 4.85. The number of nitrogens with two attached hydrogens (primary N) is 1. The predicted molar refractivity (Wildman–Crippen MR) is 82.7 cm³/mol. The molecule has 0 aromatic heterocycles. The average Bonchev–Trinajstić information content (AvgIpc) is 2.48. The lowest BCUT2D eigenvalue weighted by atomic mass is 10.0. The zero-order valence-corrected chi connectivity index (χ0v) is 12.5. The van der Waals surface area contributed by atoms with E-state index in [4.69, 9.17) is 10.5 Å². The summed E-state index contributed by atoms with van der Waals surface area (Å²) in [5.74, 6) is 0. The summed E-state index contributed by atoms with van der Waals surface area (Å²) in [5.41, 5.74) is 7.35. The lowest BCUT2D eigenvalue weighted by molar-refractivity contribution is -0.384. The van der Waals surface area contributed by atoms with Crippen LogP contribution >= 0.6 is 0 Å². The Morgan fingerprint density at radius 1 is 1.43 bits per heavy atom. The van der Waals surface area contributed by atoms with Gasteiger partial charge in [-0.2, -0.15) is 0 Å². The molecule has 1 aromatic carbocycles. The second-order valence-corrected chi connectivity index (χ2v) is 5.40. The number of para-hydroxylation sites is 1. The molecule has 6 nitrogen and oxygen atoms in total. The molecule has 2 rings (SSSR count).